The second-order valence-electron chi connectivity index (χ2n) is 5.99. The second kappa shape index (κ2) is 7.22. The zero-order valence-electron chi connectivity index (χ0n) is 13.5. The number of benzene rings is 2. The summed E-state index contributed by atoms with van der Waals surface area (Å²) in [7, 11) is 0. The number of alkyl halides is 3. The number of aromatic amines is 1. The fourth-order valence-electron chi connectivity index (χ4n) is 2.99. The molecule has 0 bridgehead atoms. The number of fused-ring (bicyclic) bond motifs is 1. The Kier molecular flexibility index (Phi) is 5.20. The minimum Gasteiger partial charge on any atom is -0.354 e. The van der Waals surface area contributed by atoms with Crippen LogP contribution in [0, 0.1) is 0 Å². The van der Waals surface area contributed by atoms with Crippen molar-refractivity contribution in [3.63, 3.8) is 0 Å². The molecule has 2 nitrogen and oxygen atoms in total. The van der Waals surface area contributed by atoms with Gasteiger partial charge in [-0.15, -0.1) is 0 Å². The van der Waals surface area contributed by atoms with Crippen LogP contribution in [0.4, 0.5) is 13.2 Å². The van der Waals surface area contributed by atoms with Gasteiger partial charge in [0.15, 0.2) is 0 Å². The molecule has 0 fully saturated rings. The van der Waals surface area contributed by atoms with Gasteiger partial charge < -0.3 is 10.7 Å². The molecule has 25 heavy (non-hydrogen) atoms. The first-order valence-electron chi connectivity index (χ1n) is 8.08. The molecule has 0 saturated carbocycles. The Hall–Kier alpha value is -1.79. The lowest BCUT2D eigenvalue weighted by molar-refractivity contribution is -0.137. The van der Waals surface area contributed by atoms with Crippen molar-refractivity contribution >= 4 is 26.8 Å². The Balaban J connectivity index is 2.14. The van der Waals surface area contributed by atoms with Crippen LogP contribution in [-0.4, -0.2) is 11.5 Å². The highest BCUT2D eigenvalue weighted by Gasteiger charge is 2.31. The van der Waals surface area contributed by atoms with E-state index < -0.39 is 11.7 Å². The van der Waals surface area contributed by atoms with Crippen molar-refractivity contribution in [1.29, 1.82) is 0 Å². The standard InChI is InChI=1S/C19H18BrF3N2/c20-14-7-4-12(5-8-14)18-15(3-1-2-10-24)16-11-13(19(21,22)23)6-9-17(16)25-18/h4-9,11,25H,1-3,10,24H2. The molecule has 1 heterocycles. The second-order valence-corrected chi connectivity index (χ2v) is 6.91. The smallest absolute Gasteiger partial charge is 0.354 e. The number of hydrogen-bond donors (Lipinski definition) is 2. The van der Waals surface area contributed by atoms with E-state index in [9.17, 15) is 13.2 Å². The molecule has 0 aliphatic rings. The molecule has 2 aromatic carbocycles. The molecule has 0 amide bonds. The van der Waals surface area contributed by atoms with Crippen molar-refractivity contribution in [3.8, 4) is 11.3 Å². The lowest BCUT2D eigenvalue weighted by atomic mass is 9.99. The van der Waals surface area contributed by atoms with Gasteiger partial charge in [0.1, 0.15) is 0 Å². The minimum atomic E-state index is -4.35. The quantitative estimate of drug-likeness (QED) is 0.505. The highest BCUT2D eigenvalue weighted by molar-refractivity contribution is 9.10. The Morgan fingerprint density at radius 2 is 1.72 bits per heavy atom. The zero-order chi connectivity index (χ0) is 18.0. The first kappa shape index (κ1) is 18.0. The highest BCUT2D eigenvalue weighted by Crippen LogP contribution is 2.36. The Morgan fingerprint density at radius 1 is 1.00 bits per heavy atom. The predicted octanol–water partition coefficient (Wildman–Crippen LogP) is 5.90. The van der Waals surface area contributed by atoms with Gasteiger partial charge >= 0.3 is 6.18 Å². The van der Waals surface area contributed by atoms with Crippen molar-refractivity contribution in [1.82, 2.24) is 4.98 Å². The van der Waals surface area contributed by atoms with Crippen LogP contribution in [0.5, 0.6) is 0 Å². The largest absolute Gasteiger partial charge is 0.416 e. The van der Waals surface area contributed by atoms with Crippen molar-refractivity contribution in [2.24, 2.45) is 5.73 Å². The molecule has 0 saturated heterocycles. The summed E-state index contributed by atoms with van der Waals surface area (Å²) in [5.74, 6) is 0. The zero-order valence-corrected chi connectivity index (χ0v) is 15.0. The van der Waals surface area contributed by atoms with Gasteiger partial charge in [-0.1, -0.05) is 28.1 Å². The molecule has 3 rings (SSSR count). The molecule has 0 radical (unpaired) electrons. The van der Waals surface area contributed by atoms with Crippen molar-refractivity contribution in [2.45, 2.75) is 25.4 Å². The summed E-state index contributed by atoms with van der Waals surface area (Å²) in [5.41, 5.74) is 8.40. The molecule has 0 unspecified atom stereocenters. The van der Waals surface area contributed by atoms with E-state index in [1.54, 1.807) is 0 Å². The third-order valence-corrected chi connectivity index (χ3v) is 4.78. The summed E-state index contributed by atoms with van der Waals surface area (Å²) in [4.78, 5) is 3.29. The molecule has 3 N–H and O–H groups in total. The maximum atomic E-state index is 13.1. The summed E-state index contributed by atoms with van der Waals surface area (Å²) >= 11 is 3.40. The van der Waals surface area contributed by atoms with E-state index in [-0.39, 0.29) is 0 Å². The third kappa shape index (κ3) is 3.90. The monoisotopic (exact) mass is 410 g/mol. The van der Waals surface area contributed by atoms with Crippen LogP contribution in [0.25, 0.3) is 22.2 Å². The summed E-state index contributed by atoms with van der Waals surface area (Å²) in [6.07, 6.45) is -1.99. The van der Waals surface area contributed by atoms with Gasteiger partial charge in [0.25, 0.3) is 0 Å². The van der Waals surface area contributed by atoms with Crippen LogP contribution in [0.3, 0.4) is 0 Å². The first-order valence-corrected chi connectivity index (χ1v) is 8.87. The summed E-state index contributed by atoms with van der Waals surface area (Å²) < 4.78 is 40.2. The van der Waals surface area contributed by atoms with E-state index >= 15 is 0 Å². The normalized spacial score (nSPS) is 12.0. The molecule has 132 valence electrons. The fourth-order valence-corrected chi connectivity index (χ4v) is 3.26. The molecule has 0 spiro atoms. The van der Waals surface area contributed by atoms with Crippen LogP contribution in [0.15, 0.2) is 46.9 Å². The number of unbranched alkanes of at least 4 members (excludes halogenated alkanes) is 1. The molecule has 0 aliphatic carbocycles. The average molecular weight is 411 g/mol. The SMILES string of the molecule is NCCCCc1c(-c2ccc(Br)cc2)[nH]c2ccc(C(F)(F)F)cc12. The number of rotatable bonds is 5. The molecular formula is C19H18BrF3N2. The Morgan fingerprint density at radius 3 is 2.36 bits per heavy atom. The van der Waals surface area contributed by atoms with Gasteiger partial charge in [0.2, 0.25) is 0 Å². The van der Waals surface area contributed by atoms with Crippen molar-refractivity contribution < 1.29 is 13.2 Å². The van der Waals surface area contributed by atoms with E-state index in [0.717, 1.165) is 40.2 Å². The molecule has 0 atom stereocenters. The van der Waals surface area contributed by atoms with Crippen LogP contribution in [0.2, 0.25) is 0 Å². The molecule has 0 aliphatic heterocycles. The lowest BCUT2D eigenvalue weighted by Gasteiger charge is -2.08. The predicted molar refractivity (Wildman–Crippen MR) is 98.4 cm³/mol. The highest BCUT2D eigenvalue weighted by atomic mass is 79.9. The van der Waals surface area contributed by atoms with E-state index in [1.807, 2.05) is 24.3 Å². The minimum absolute atomic E-state index is 0.573. The number of H-pyrrole nitrogens is 1. The van der Waals surface area contributed by atoms with Crippen LogP contribution < -0.4 is 5.73 Å². The van der Waals surface area contributed by atoms with E-state index in [2.05, 4.69) is 20.9 Å². The number of aromatic nitrogens is 1. The van der Waals surface area contributed by atoms with Gasteiger partial charge in [-0.3, -0.25) is 0 Å². The van der Waals surface area contributed by atoms with E-state index in [0.29, 0.717) is 23.9 Å². The van der Waals surface area contributed by atoms with Gasteiger partial charge in [0.05, 0.1) is 5.56 Å². The summed E-state index contributed by atoms with van der Waals surface area (Å²) in [6.45, 7) is 0.573. The summed E-state index contributed by atoms with van der Waals surface area (Å²) in [6, 6.07) is 11.6. The molecule has 3 aromatic rings. The number of nitrogens with two attached hydrogens (primary N) is 1. The van der Waals surface area contributed by atoms with E-state index in [4.69, 9.17) is 5.73 Å². The van der Waals surface area contributed by atoms with E-state index in [1.165, 1.54) is 12.1 Å². The van der Waals surface area contributed by atoms with Crippen LogP contribution in [-0.2, 0) is 12.6 Å². The maximum absolute atomic E-state index is 13.1. The number of aryl methyl sites for hydroxylation is 1. The number of nitrogens with one attached hydrogen (secondary N) is 1. The third-order valence-electron chi connectivity index (χ3n) is 4.25. The number of halogens is 4. The Labute approximate surface area is 152 Å². The van der Waals surface area contributed by atoms with Gasteiger partial charge in [-0.25, -0.2) is 0 Å². The number of hydrogen-bond acceptors (Lipinski definition) is 1. The average Bonchev–Trinajstić information content (AvgIpc) is 2.93. The maximum Gasteiger partial charge on any atom is 0.416 e. The first-order chi connectivity index (χ1) is 11.9. The summed E-state index contributed by atoms with van der Waals surface area (Å²) in [5, 5.41) is 0.629. The van der Waals surface area contributed by atoms with Gasteiger partial charge in [0, 0.05) is 21.1 Å². The molecular weight excluding hydrogens is 393 g/mol. The fraction of sp³-hybridized carbons (Fsp3) is 0.263. The topological polar surface area (TPSA) is 41.8 Å². The van der Waals surface area contributed by atoms with Gasteiger partial charge in [-0.2, -0.15) is 13.2 Å². The lowest BCUT2D eigenvalue weighted by Crippen LogP contribution is -2.04. The molecule has 1 aromatic heterocycles. The van der Waals surface area contributed by atoms with Crippen LogP contribution in [0.1, 0.15) is 24.0 Å². The molecule has 6 heteroatoms. The van der Waals surface area contributed by atoms with Gasteiger partial charge in [-0.05, 0) is 67.3 Å². The Bertz CT molecular complexity index is 867. The van der Waals surface area contributed by atoms with Crippen molar-refractivity contribution in [2.75, 3.05) is 6.54 Å². The van der Waals surface area contributed by atoms with Crippen molar-refractivity contribution in [3.05, 3.63) is 58.1 Å². The van der Waals surface area contributed by atoms with Crippen LogP contribution >= 0.6 is 15.9 Å².